The quantitative estimate of drug-likeness (QED) is 0.848. The van der Waals surface area contributed by atoms with Crippen LogP contribution < -0.4 is 0 Å². The van der Waals surface area contributed by atoms with Crippen LogP contribution in [0, 0.1) is 5.92 Å². The van der Waals surface area contributed by atoms with Crippen LogP contribution in [0.5, 0.6) is 0 Å². The van der Waals surface area contributed by atoms with Crippen molar-refractivity contribution in [3.63, 3.8) is 0 Å². The summed E-state index contributed by atoms with van der Waals surface area (Å²) in [5, 5.41) is 17.1. The minimum Gasteiger partial charge on any atom is -0.396 e. The molecule has 4 heteroatoms. The van der Waals surface area contributed by atoms with Crippen molar-refractivity contribution in [2.75, 3.05) is 6.61 Å². The summed E-state index contributed by atoms with van der Waals surface area (Å²) in [5.41, 5.74) is 0.903. The van der Waals surface area contributed by atoms with Gasteiger partial charge >= 0.3 is 0 Å². The van der Waals surface area contributed by atoms with Crippen molar-refractivity contribution >= 4 is 0 Å². The molecule has 1 heterocycles. The maximum Gasteiger partial charge on any atom is 0.0850 e. The van der Waals surface area contributed by atoms with E-state index in [1.54, 1.807) is 0 Å². The Labute approximate surface area is 96.7 Å². The fourth-order valence-electron chi connectivity index (χ4n) is 2.54. The molecule has 0 bridgehead atoms. The lowest BCUT2D eigenvalue weighted by Crippen LogP contribution is -2.18. The molecule has 1 saturated carbocycles. The molecule has 1 N–H and O–H groups in total. The van der Waals surface area contributed by atoms with Gasteiger partial charge in [0.05, 0.1) is 11.7 Å². The third-order valence-electron chi connectivity index (χ3n) is 3.69. The summed E-state index contributed by atoms with van der Waals surface area (Å²) in [4.78, 5) is 0. The normalized spacial score (nSPS) is 25.9. The first kappa shape index (κ1) is 11.6. The molecule has 1 aliphatic carbocycles. The zero-order valence-electron chi connectivity index (χ0n) is 9.97. The van der Waals surface area contributed by atoms with Gasteiger partial charge in [-0.15, -0.1) is 5.10 Å². The van der Waals surface area contributed by atoms with Gasteiger partial charge < -0.3 is 5.11 Å². The number of aliphatic hydroxyl groups excluding tert-OH is 1. The monoisotopic (exact) mass is 223 g/mol. The number of aliphatic hydroxyl groups is 1. The van der Waals surface area contributed by atoms with Gasteiger partial charge in [-0.3, -0.25) is 0 Å². The molecular formula is C12H21N3O. The van der Waals surface area contributed by atoms with Gasteiger partial charge in [0.1, 0.15) is 0 Å². The molecule has 1 aromatic rings. The molecule has 0 unspecified atom stereocenters. The predicted molar refractivity (Wildman–Crippen MR) is 62.1 cm³/mol. The molecule has 0 atom stereocenters. The Morgan fingerprint density at radius 1 is 1.38 bits per heavy atom. The summed E-state index contributed by atoms with van der Waals surface area (Å²) in [5.74, 6) is 0.914. The lowest BCUT2D eigenvalue weighted by Gasteiger charge is -2.27. The molecule has 0 spiro atoms. The van der Waals surface area contributed by atoms with Crippen LogP contribution in [0.4, 0.5) is 0 Å². The molecule has 2 rings (SSSR count). The molecule has 4 nitrogen and oxygen atoms in total. The lowest BCUT2D eigenvalue weighted by atomic mass is 9.85. The molecule has 0 saturated heterocycles. The van der Waals surface area contributed by atoms with Crippen molar-refractivity contribution in [1.29, 1.82) is 0 Å². The first-order valence-electron chi connectivity index (χ1n) is 6.35. The standard InChI is InChI=1S/C12H21N3O/c1-2-10-3-5-12(6-4-10)15-9-11(7-8-16)13-14-15/h9-10,12,16H,2-8H2,1H3. The van der Waals surface area contributed by atoms with E-state index in [-0.39, 0.29) is 6.61 Å². The first-order valence-corrected chi connectivity index (χ1v) is 6.35. The van der Waals surface area contributed by atoms with E-state index >= 15 is 0 Å². The van der Waals surface area contributed by atoms with Gasteiger partial charge in [0.25, 0.3) is 0 Å². The van der Waals surface area contributed by atoms with Gasteiger partial charge in [0.15, 0.2) is 0 Å². The molecule has 90 valence electrons. The minimum absolute atomic E-state index is 0.154. The van der Waals surface area contributed by atoms with Crippen LogP contribution >= 0.6 is 0 Å². The summed E-state index contributed by atoms with van der Waals surface area (Å²) in [6.07, 6.45) is 8.99. The van der Waals surface area contributed by atoms with Crippen LogP contribution in [0.3, 0.4) is 0 Å². The highest BCUT2D eigenvalue weighted by atomic mass is 16.3. The second-order valence-electron chi connectivity index (χ2n) is 4.75. The molecule has 0 aliphatic heterocycles. The summed E-state index contributed by atoms with van der Waals surface area (Å²) < 4.78 is 2.00. The topological polar surface area (TPSA) is 50.9 Å². The molecule has 1 aromatic heterocycles. The Balaban J connectivity index is 1.92. The van der Waals surface area contributed by atoms with E-state index in [1.807, 2.05) is 10.9 Å². The highest BCUT2D eigenvalue weighted by molar-refractivity contribution is 4.94. The SMILES string of the molecule is CCC1CCC(n2cc(CCO)nn2)CC1. The van der Waals surface area contributed by atoms with Crippen LogP contribution in [0.1, 0.15) is 50.8 Å². The summed E-state index contributed by atoms with van der Waals surface area (Å²) >= 11 is 0. The van der Waals surface area contributed by atoms with E-state index in [1.165, 1.54) is 32.1 Å². The fraction of sp³-hybridized carbons (Fsp3) is 0.833. The van der Waals surface area contributed by atoms with Crippen molar-refractivity contribution < 1.29 is 5.11 Å². The molecule has 16 heavy (non-hydrogen) atoms. The van der Waals surface area contributed by atoms with Crippen molar-refractivity contribution in [3.05, 3.63) is 11.9 Å². The number of nitrogens with zero attached hydrogens (tertiary/aromatic N) is 3. The molecule has 1 aliphatic rings. The zero-order chi connectivity index (χ0) is 11.4. The Hall–Kier alpha value is -0.900. The van der Waals surface area contributed by atoms with Crippen molar-refractivity contribution in [3.8, 4) is 0 Å². The number of hydrogen-bond donors (Lipinski definition) is 1. The number of rotatable bonds is 4. The fourth-order valence-corrected chi connectivity index (χ4v) is 2.54. The highest BCUT2D eigenvalue weighted by Gasteiger charge is 2.21. The number of hydrogen-bond acceptors (Lipinski definition) is 3. The van der Waals surface area contributed by atoms with Crippen molar-refractivity contribution in [1.82, 2.24) is 15.0 Å². The lowest BCUT2D eigenvalue weighted by molar-refractivity contribution is 0.253. The van der Waals surface area contributed by atoms with Gasteiger partial charge in [-0.2, -0.15) is 0 Å². The molecule has 0 aromatic carbocycles. The Morgan fingerprint density at radius 3 is 2.75 bits per heavy atom. The smallest absolute Gasteiger partial charge is 0.0850 e. The maximum atomic E-state index is 8.83. The predicted octanol–water partition coefficient (Wildman–Crippen LogP) is 1.95. The second kappa shape index (κ2) is 5.43. The van der Waals surface area contributed by atoms with Crippen molar-refractivity contribution in [2.24, 2.45) is 5.92 Å². The first-order chi connectivity index (χ1) is 7.83. The third-order valence-corrected chi connectivity index (χ3v) is 3.69. The van der Waals surface area contributed by atoms with Crippen LogP contribution in [0.2, 0.25) is 0 Å². The van der Waals surface area contributed by atoms with E-state index in [0.29, 0.717) is 12.5 Å². The van der Waals surface area contributed by atoms with E-state index < -0.39 is 0 Å². The Morgan fingerprint density at radius 2 is 2.12 bits per heavy atom. The Kier molecular flexibility index (Phi) is 3.93. The van der Waals surface area contributed by atoms with Crippen LogP contribution in [-0.2, 0) is 6.42 Å². The third kappa shape index (κ3) is 2.61. The van der Waals surface area contributed by atoms with E-state index in [4.69, 9.17) is 5.11 Å². The average Bonchev–Trinajstić information content (AvgIpc) is 2.78. The highest BCUT2D eigenvalue weighted by Crippen LogP contribution is 2.33. The van der Waals surface area contributed by atoms with Gasteiger partial charge in [-0.25, -0.2) is 4.68 Å². The summed E-state index contributed by atoms with van der Waals surface area (Å²) in [6.45, 7) is 2.43. The van der Waals surface area contributed by atoms with Crippen LogP contribution in [0.15, 0.2) is 6.20 Å². The molecular weight excluding hydrogens is 202 g/mol. The van der Waals surface area contributed by atoms with Crippen molar-refractivity contribution in [2.45, 2.75) is 51.5 Å². The van der Waals surface area contributed by atoms with E-state index in [0.717, 1.165) is 11.6 Å². The Bertz CT molecular complexity index is 316. The summed E-state index contributed by atoms with van der Waals surface area (Å²) in [6, 6.07) is 0.530. The van der Waals surface area contributed by atoms with Crippen LogP contribution in [-0.4, -0.2) is 26.7 Å². The molecule has 0 amide bonds. The second-order valence-corrected chi connectivity index (χ2v) is 4.75. The molecule has 0 radical (unpaired) electrons. The van der Waals surface area contributed by atoms with Gasteiger partial charge in [-0.05, 0) is 31.6 Å². The summed E-state index contributed by atoms with van der Waals surface area (Å²) in [7, 11) is 0. The largest absolute Gasteiger partial charge is 0.396 e. The van der Waals surface area contributed by atoms with E-state index in [9.17, 15) is 0 Å². The zero-order valence-corrected chi connectivity index (χ0v) is 9.97. The minimum atomic E-state index is 0.154. The van der Waals surface area contributed by atoms with Gasteiger partial charge in [0, 0.05) is 19.2 Å². The van der Waals surface area contributed by atoms with Gasteiger partial charge in [0.2, 0.25) is 0 Å². The van der Waals surface area contributed by atoms with E-state index in [2.05, 4.69) is 17.2 Å². The maximum absolute atomic E-state index is 8.83. The number of aromatic nitrogens is 3. The van der Waals surface area contributed by atoms with Crippen LogP contribution in [0.25, 0.3) is 0 Å². The van der Waals surface area contributed by atoms with Gasteiger partial charge in [-0.1, -0.05) is 18.6 Å². The average molecular weight is 223 g/mol. The molecule has 1 fully saturated rings.